The number of benzene rings is 2. The van der Waals surface area contributed by atoms with Gasteiger partial charge in [0.2, 0.25) is 0 Å². The third-order valence-corrected chi connectivity index (χ3v) is 4.67. The van der Waals surface area contributed by atoms with E-state index in [0.717, 1.165) is 21.5 Å². The molecule has 0 fully saturated rings. The van der Waals surface area contributed by atoms with E-state index in [9.17, 15) is 4.79 Å². The highest BCUT2D eigenvalue weighted by atomic mass is 79.9. The molecule has 3 rings (SSSR count). The average Bonchev–Trinajstić information content (AvgIpc) is 2.58. The van der Waals surface area contributed by atoms with Gasteiger partial charge in [0.15, 0.2) is 17.6 Å². The second-order valence-corrected chi connectivity index (χ2v) is 6.63. The predicted octanol–water partition coefficient (Wildman–Crippen LogP) is 4.06. The number of carbonyl (C=O) groups is 1. The fourth-order valence-corrected chi connectivity index (χ4v) is 2.81. The van der Waals surface area contributed by atoms with E-state index in [-0.39, 0.29) is 12.1 Å². The van der Waals surface area contributed by atoms with Gasteiger partial charge in [-0.2, -0.15) is 0 Å². The molecule has 0 saturated heterocycles. The number of nitrogens with zero attached hydrogens (tertiary/aromatic N) is 1. The number of likely N-dealkylation sites (N-methyl/N-ethyl adjacent to an activating group) is 1. The van der Waals surface area contributed by atoms with Gasteiger partial charge in [0.05, 0.1) is 6.54 Å². The Morgan fingerprint density at radius 2 is 2.04 bits per heavy atom. The lowest BCUT2D eigenvalue weighted by atomic mass is 10.2. The molecule has 1 atom stereocenters. The molecule has 1 heterocycles. The van der Waals surface area contributed by atoms with Crippen molar-refractivity contribution in [3.05, 3.63) is 52.5 Å². The summed E-state index contributed by atoms with van der Waals surface area (Å²) in [5.41, 5.74) is 1.86. The number of urea groups is 1. The maximum Gasteiger partial charge on any atom is 0.321 e. The predicted molar refractivity (Wildman–Crippen MR) is 96.9 cm³/mol. The number of hydrogen-bond acceptors (Lipinski definition) is 3. The summed E-state index contributed by atoms with van der Waals surface area (Å²) in [6.45, 7) is 2.86. The summed E-state index contributed by atoms with van der Waals surface area (Å²) in [4.78, 5) is 13.9. The van der Waals surface area contributed by atoms with E-state index in [2.05, 4.69) is 21.2 Å². The lowest BCUT2D eigenvalue weighted by molar-refractivity contribution is 0.0731. The largest absolute Gasteiger partial charge is 0.486 e. The van der Waals surface area contributed by atoms with Crippen molar-refractivity contribution in [3.63, 3.8) is 0 Å². The van der Waals surface area contributed by atoms with Gasteiger partial charge in [0.1, 0.15) is 6.61 Å². The number of fused-ring (bicyclic) bond motifs is 1. The second kappa shape index (κ2) is 7.13. The Hall–Kier alpha value is -2.21. The number of halogens is 1. The van der Waals surface area contributed by atoms with E-state index in [1.165, 1.54) is 0 Å². The summed E-state index contributed by atoms with van der Waals surface area (Å²) in [7, 11) is 1.74. The van der Waals surface area contributed by atoms with E-state index >= 15 is 0 Å². The van der Waals surface area contributed by atoms with Crippen molar-refractivity contribution in [2.45, 2.75) is 13.0 Å². The Morgan fingerprint density at radius 1 is 1.29 bits per heavy atom. The Kier molecular flexibility index (Phi) is 4.94. The number of anilines is 1. The first kappa shape index (κ1) is 16.6. The van der Waals surface area contributed by atoms with Crippen molar-refractivity contribution < 1.29 is 14.3 Å². The fourth-order valence-electron chi connectivity index (χ4n) is 2.43. The topological polar surface area (TPSA) is 50.8 Å². The number of para-hydroxylation sites is 2. The van der Waals surface area contributed by atoms with Gasteiger partial charge in [-0.15, -0.1) is 0 Å². The molecule has 2 amide bonds. The molecule has 126 valence electrons. The molecule has 1 aliphatic rings. The third-order valence-electron chi connectivity index (χ3n) is 3.81. The summed E-state index contributed by atoms with van der Waals surface area (Å²) in [5.74, 6) is 1.45. The number of rotatable bonds is 3. The van der Waals surface area contributed by atoms with Gasteiger partial charge in [-0.3, -0.25) is 0 Å². The average molecular weight is 391 g/mol. The van der Waals surface area contributed by atoms with Crippen LogP contribution in [-0.2, 0) is 0 Å². The number of nitrogens with one attached hydrogen (secondary N) is 1. The lowest BCUT2D eigenvalue weighted by Crippen LogP contribution is -2.43. The monoisotopic (exact) mass is 390 g/mol. The number of amides is 2. The van der Waals surface area contributed by atoms with Crippen LogP contribution < -0.4 is 14.8 Å². The minimum atomic E-state index is -0.194. The standard InChI is InChI=1S/C18H19BrN2O3/c1-12-7-8-13(9-15(12)19)20-18(22)21(2)10-14-11-23-16-5-3-4-6-17(16)24-14/h3-9,14H,10-11H2,1-2H3,(H,20,22). The van der Waals surface area contributed by atoms with E-state index in [0.29, 0.717) is 18.9 Å². The van der Waals surface area contributed by atoms with E-state index in [4.69, 9.17) is 9.47 Å². The SMILES string of the molecule is Cc1ccc(NC(=O)N(C)CC2COc3ccccc3O2)cc1Br. The fraction of sp³-hybridized carbons (Fsp3) is 0.278. The first-order valence-corrected chi connectivity index (χ1v) is 8.49. The molecular weight excluding hydrogens is 372 g/mol. The summed E-state index contributed by atoms with van der Waals surface area (Å²) in [6, 6.07) is 13.1. The Morgan fingerprint density at radius 3 is 2.79 bits per heavy atom. The van der Waals surface area contributed by atoms with E-state index in [1.54, 1.807) is 11.9 Å². The maximum atomic E-state index is 12.3. The van der Waals surface area contributed by atoms with E-state index in [1.807, 2.05) is 49.4 Å². The molecule has 0 aromatic heterocycles. The van der Waals surface area contributed by atoms with Crippen LogP contribution in [0.25, 0.3) is 0 Å². The van der Waals surface area contributed by atoms with Crippen molar-refractivity contribution in [1.29, 1.82) is 0 Å². The number of ether oxygens (including phenoxy) is 2. The maximum absolute atomic E-state index is 12.3. The molecule has 0 radical (unpaired) electrons. The molecule has 5 nitrogen and oxygen atoms in total. The zero-order chi connectivity index (χ0) is 17.1. The number of carbonyl (C=O) groups excluding carboxylic acids is 1. The highest BCUT2D eigenvalue weighted by molar-refractivity contribution is 9.10. The normalized spacial score (nSPS) is 15.7. The summed E-state index contributed by atoms with van der Waals surface area (Å²) in [6.07, 6.45) is -0.194. The van der Waals surface area contributed by atoms with Crippen LogP contribution in [0.1, 0.15) is 5.56 Å². The van der Waals surface area contributed by atoms with Crippen LogP contribution in [0.15, 0.2) is 46.9 Å². The van der Waals surface area contributed by atoms with Crippen LogP contribution in [0.5, 0.6) is 11.5 Å². The molecule has 2 aromatic rings. The quantitative estimate of drug-likeness (QED) is 0.859. The van der Waals surface area contributed by atoms with Crippen molar-refractivity contribution in [2.75, 3.05) is 25.5 Å². The van der Waals surface area contributed by atoms with Crippen LogP contribution in [0.4, 0.5) is 10.5 Å². The van der Waals surface area contributed by atoms with Crippen LogP contribution >= 0.6 is 15.9 Å². The Balaban J connectivity index is 1.57. The minimum Gasteiger partial charge on any atom is -0.486 e. The molecule has 1 unspecified atom stereocenters. The molecular formula is C18H19BrN2O3. The Bertz CT molecular complexity index is 751. The molecule has 0 saturated carbocycles. The van der Waals surface area contributed by atoms with Crippen LogP contribution in [0.2, 0.25) is 0 Å². The van der Waals surface area contributed by atoms with Crippen LogP contribution in [-0.4, -0.2) is 37.2 Å². The number of aryl methyl sites for hydroxylation is 1. The van der Waals surface area contributed by atoms with Gasteiger partial charge in [0.25, 0.3) is 0 Å². The van der Waals surface area contributed by atoms with Crippen molar-refractivity contribution in [1.82, 2.24) is 4.90 Å². The Labute approximate surface area is 149 Å². The van der Waals surface area contributed by atoms with Crippen molar-refractivity contribution in [2.24, 2.45) is 0 Å². The molecule has 0 spiro atoms. The molecule has 1 N–H and O–H groups in total. The highest BCUT2D eigenvalue weighted by Crippen LogP contribution is 2.31. The minimum absolute atomic E-state index is 0.187. The zero-order valence-corrected chi connectivity index (χ0v) is 15.2. The van der Waals surface area contributed by atoms with E-state index < -0.39 is 0 Å². The molecule has 1 aliphatic heterocycles. The van der Waals surface area contributed by atoms with Crippen LogP contribution in [0.3, 0.4) is 0 Å². The van der Waals surface area contributed by atoms with Crippen molar-refractivity contribution in [3.8, 4) is 11.5 Å². The third kappa shape index (κ3) is 3.82. The first-order chi connectivity index (χ1) is 11.5. The number of hydrogen-bond donors (Lipinski definition) is 1. The molecule has 0 bridgehead atoms. The van der Waals surface area contributed by atoms with Gasteiger partial charge < -0.3 is 19.7 Å². The highest BCUT2D eigenvalue weighted by Gasteiger charge is 2.23. The smallest absolute Gasteiger partial charge is 0.321 e. The van der Waals surface area contributed by atoms with Gasteiger partial charge >= 0.3 is 6.03 Å². The van der Waals surface area contributed by atoms with Gasteiger partial charge in [0, 0.05) is 17.2 Å². The lowest BCUT2D eigenvalue weighted by Gasteiger charge is -2.29. The van der Waals surface area contributed by atoms with Crippen LogP contribution in [0, 0.1) is 6.92 Å². The summed E-state index contributed by atoms with van der Waals surface area (Å²) >= 11 is 3.47. The molecule has 0 aliphatic carbocycles. The second-order valence-electron chi connectivity index (χ2n) is 5.77. The summed E-state index contributed by atoms with van der Waals surface area (Å²) < 4.78 is 12.5. The van der Waals surface area contributed by atoms with Gasteiger partial charge in [-0.1, -0.05) is 34.1 Å². The zero-order valence-electron chi connectivity index (χ0n) is 13.6. The van der Waals surface area contributed by atoms with Gasteiger partial charge in [-0.25, -0.2) is 4.79 Å². The summed E-state index contributed by atoms with van der Waals surface area (Å²) in [5, 5.41) is 2.88. The molecule has 6 heteroatoms. The molecule has 24 heavy (non-hydrogen) atoms. The van der Waals surface area contributed by atoms with Crippen molar-refractivity contribution >= 4 is 27.6 Å². The first-order valence-electron chi connectivity index (χ1n) is 7.69. The van der Waals surface area contributed by atoms with Gasteiger partial charge in [-0.05, 0) is 36.8 Å². The molecule has 2 aromatic carbocycles.